The molecule has 75 valence electrons. The molecule has 15 heavy (non-hydrogen) atoms. The number of nitrogens with zero attached hydrogens (tertiary/aromatic N) is 1. The monoisotopic (exact) mass is 198 g/mol. The molecule has 0 amide bonds. The Morgan fingerprint density at radius 1 is 1.27 bits per heavy atom. The molecule has 0 N–H and O–H groups in total. The van der Waals surface area contributed by atoms with Crippen LogP contribution < -0.4 is 0 Å². The highest BCUT2D eigenvalue weighted by atomic mass is 16.4. The lowest BCUT2D eigenvalue weighted by atomic mass is 10.1. The minimum Gasteiger partial charge on any atom is -0.441 e. The van der Waals surface area contributed by atoms with Crippen molar-refractivity contribution < 1.29 is 4.42 Å². The number of benzene rings is 1. The zero-order valence-electron chi connectivity index (χ0n) is 8.60. The summed E-state index contributed by atoms with van der Waals surface area (Å²) in [6.45, 7) is 5.50. The van der Waals surface area contributed by atoms with Gasteiger partial charge < -0.3 is 4.42 Å². The van der Waals surface area contributed by atoms with Gasteiger partial charge in [0.05, 0.1) is 5.69 Å². The molecular formula is C13H12NO. The predicted molar refractivity (Wildman–Crippen MR) is 60.3 cm³/mol. The van der Waals surface area contributed by atoms with Gasteiger partial charge in [-0.1, -0.05) is 36.4 Å². The van der Waals surface area contributed by atoms with Crippen LogP contribution in [0.4, 0.5) is 0 Å². The Kier molecular flexibility index (Phi) is 2.68. The molecule has 1 heterocycles. The second kappa shape index (κ2) is 4.13. The molecule has 0 aliphatic heterocycles. The van der Waals surface area contributed by atoms with Crippen LogP contribution in [0, 0.1) is 13.3 Å². The molecule has 1 radical (unpaired) electrons. The van der Waals surface area contributed by atoms with Gasteiger partial charge in [-0.15, -0.1) is 6.58 Å². The lowest BCUT2D eigenvalue weighted by Gasteiger charge is -1.97. The number of allylic oxidation sites excluding steroid dienone is 1. The molecule has 0 saturated heterocycles. The minimum absolute atomic E-state index is 0.668. The third-order valence-corrected chi connectivity index (χ3v) is 2.07. The summed E-state index contributed by atoms with van der Waals surface area (Å²) in [7, 11) is 0. The van der Waals surface area contributed by atoms with Gasteiger partial charge in [0.2, 0.25) is 0 Å². The summed E-state index contributed by atoms with van der Waals surface area (Å²) in [5, 5.41) is 0. The molecule has 0 bridgehead atoms. The topological polar surface area (TPSA) is 26.0 Å². The third-order valence-electron chi connectivity index (χ3n) is 2.07. The number of aryl methyl sites for hydroxylation is 1. The molecule has 2 rings (SSSR count). The van der Waals surface area contributed by atoms with Crippen molar-refractivity contribution in [3.05, 3.63) is 61.0 Å². The summed E-state index contributed by atoms with van der Waals surface area (Å²) in [5.74, 6) is 1.47. The van der Waals surface area contributed by atoms with Gasteiger partial charge in [-0.2, -0.15) is 0 Å². The Bertz CT molecular complexity index is 457. The SMILES string of the molecule is C=C[CH]c1nc(C)oc1-c1ccccc1. The minimum atomic E-state index is 0.668. The lowest BCUT2D eigenvalue weighted by Crippen LogP contribution is -1.82. The second-order valence-corrected chi connectivity index (χ2v) is 3.22. The normalized spacial score (nSPS) is 10.2. The van der Waals surface area contributed by atoms with E-state index in [1.165, 1.54) is 0 Å². The number of hydrogen-bond acceptors (Lipinski definition) is 2. The van der Waals surface area contributed by atoms with Crippen LogP contribution in [-0.4, -0.2) is 4.98 Å². The highest BCUT2D eigenvalue weighted by Gasteiger charge is 2.11. The number of aromatic nitrogens is 1. The zero-order valence-corrected chi connectivity index (χ0v) is 8.60. The Morgan fingerprint density at radius 3 is 2.67 bits per heavy atom. The Balaban J connectivity index is 2.47. The molecule has 0 fully saturated rings. The molecule has 0 unspecified atom stereocenters. The van der Waals surface area contributed by atoms with Gasteiger partial charge in [-0.25, -0.2) is 4.98 Å². The van der Waals surface area contributed by atoms with E-state index in [2.05, 4.69) is 11.6 Å². The van der Waals surface area contributed by atoms with Crippen molar-refractivity contribution in [2.75, 3.05) is 0 Å². The molecule has 2 heteroatoms. The third kappa shape index (κ3) is 1.99. The molecule has 0 aliphatic rings. The van der Waals surface area contributed by atoms with E-state index in [0.29, 0.717) is 5.89 Å². The highest BCUT2D eigenvalue weighted by Crippen LogP contribution is 2.25. The first-order valence-corrected chi connectivity index (χ1v) is 4.80. The quantitative estimate of drug-likeness (QED) is 0.755. The maximum Gasteiger partial charge on any atom is 0.192 e. The Hall–Kier alpha value is -1.83. The molecule has 1 aromatic heterocycles. The van der Waals surface area contributed by atoms with E-state index < -0.39 is 0 Å². The fraction of sp³-hybridized carbons (Fsp3) is 0.0769. The van der Waals surface area contributed by atoms with Crippen molar-refractivity contribution in [1.82, 2.24) is 4.98 Å². The van der Waals surface area contributed by atoms with E-state index >= 15 is 0 Å². The first-order valence-electron chi connectivity index (χ1n) is 4.80. The molecule has 1 aromatic carbocycles. The molecule has 0 atom stereocenters. The summed E-state index contributed by atoms with van der Waals surface area (Å²) in [6, 6.07) is 9.93. The van der Waals surface area contributed by atoms with E-state index in [1.807, 2.05) is 43.7 Å². The number of hydrogen-bond donors (Lipinski definition) is 0. The summed E-state index contributed by atoms with van der Waals surface area (Å²) < 4.78 is 5.56. The molecule has 0 saturated carbocycles. The van der Waals surface area contributed by atoms with Gasteiger partial charge in [0.1, 0.15) is 0 Å². The summed E-state index contributed by atoms with van der Waals surface area (Å²) >= 11 is 0. The van der Waals surface area contributed by atoms with Crippen LogP contribution in [-0.2, 0) is 0 Å². The summed E-state index contributed by atoms with van der Waals surface area (Å²) in [5.41, 5.74) is 1.86. The van der Waals surface area contributed by atoms with Crippen LogP contribution in [0.25, 0.3) is 11.3 Å². The number of rotatable bonds is 3. The average Bonchev–Trinajstić information content (AvgIpc) is 2.62. The van der Waals surface area contributed by atoms with Crippen molar-refractivity contribution in [3.63, 3.8) is 0 Å². The Labute approximate surface area is 89.3 Å². The second-order valence-electron chi connectivity index (χ2n) is 3.22. The molecule has 0 spiro atoms. The van der Waals surface area contributed by atoms with E-state index in [0.717, 1.165) is 17.0 Å². The maximum atomic E-state index is 5.56. The van der Waals surface area contributed by atoms with Crippen LogP contribution in [0.15, 0.2) is 47.4 Å². The molecule has 2 nitrogen and oxygen atoms in total. The summed E-state index contributed by atoms with van der Waals surface area (Å²) in [6.07, 6.45) is 3.56. The maximum absolute atomic E-state index is 5.56. The smallest absolute Gasteiger partial charge is 0.192 e. The van der Waals surface area contributed by atoms with Gasteiger partial charge in [-0.05, 0) is 0 Å². The van der Waals surface area contributed by atoms with Crippen molar-refractivity contribution in [2.45, 2.75) is 6.92 Å². The lowest BCUT2D eigenvalue weighted by molar-refractivity contribution is 0.534. The van der Waals surface area contributed by atoms with Crippen LogP contribution in [0.3, 0.4) is 0 Å². The van der Waals surface area contributed by atoms with Crippen molar-refractivity contribution in [3.8, 4) is 11.3 Å². The predicted octanol–water partition coefficient (Wildman–Crippen LogP) is 3.39. The first-order chi connectivity index (χ1) is 7.31. The van der Waals surface area contributed by atoms with E-state index in [-0.39, 0.29) is 0 Å². The fourth-order valence-corrected chi connectivity index (χ4v) is 1.46. The van der Waals surface area contributed by atoms with Gasteiger partial charge in [0, 0.05) is 18.9 Å². The highest BCUT2D eigenvalue weighted by molar-refractivity contribution is 5.61. The van der Waals surface area contributed by atoms with E-state index in [4.69, 9.17) is 4.42 Å². The zero-order chi connectivity index (χ0) is 10.7. The van der Waals surface area contributed by atoms with Gasteiger partial charge in [0.15, 0.2) is 11.7 Å². The van der Waals surface area contributed by atoms with Gasteiger partial charge in [-0.3, -0.25) is 0 Å². The van der Waals surface area contributed by atoms with Crippen LogP contribution in [0.1, 0.15) is 11.6 Å². The van der Waals surface area contributed by atoms with Crippen molar-refractivity contribution >= 4 is 0 Å². The van der Waals surface area contributed by atoms with Crippen LogP contribution in [0.5, 0.6) is 0 Å². The molecule has 0 aliphatic carbocycles. The van der Waals surface area contributed by atoms with E-state index in [9.17, 15) is 0 Å². The van der Waals surface area contributed by atoms with Crippen LogP contribution >= 0.6 is 0 Å². The van der Waals surface area contributed by atoms with Gasteiger partial charge in [0.25, 0.3) is 0 Å². The standard InChI is InChI=1S/C13H12NO/c1-3-7-12-13(15-10(2)14-12)11-8-5-4-6-9-11/h3-9H,1H2,2H3. The molecular weight excluding hydrogens is 186 g/mol. The first kappa shape index (κ1) is 9.71. The largest absolute Gasteiger partial charge is 0.441 e. The Morgan fingerprint density at radius 2 is 2.00 bits per heavy atom. The van der Waals surface area contributed by atoms with Crippen molar-refractivity contribution in [2.24, 2.45) is 0 Å². The average molecular weight is 198 g/mol. The molecule has 2 aromatic rings. The fourth-order valence-electron chi connectivity index (χ4n) is 1.46. The summed E-state index contributed by atoms with van der Waals surface area (Å²) in [4.78, 5) is 4.28. The number of oxazole rings is 1. The van der Waals surface area contributed by atoms with E-state index in [1.54, 1.807) is 6.08 Å². The van der Waals surface area contributed by atoms with Crippen molar-refractivity contribution in [1.29, 1.82) is 0 Å². The van der Waals surface area contributed by atoms with Crippen LogP contribution in [0.2, 0.25) is 0 Å². The van der Waals surface area contributed by atoms with Gasteiger partial charge >= 0.3 is 0 Å².